The van der Waals surface area contributed by atoms with E-state index in [1.807, 2.05) is 0 Å². The first kappa shape index (κ1) is 28.8. The van der Waals surface area contributed by atoms with Crippen molar-refractivity contribution in [2.45, 2.75) is 19.3 Å². The number of anilines is 3. The SMILES string of the molecule is CC1(C)c2ccccc2-c2cc(N(c3ccccc3-c3cccc4ccccc34)c3cc4ccc5ccccc5c4c4ccccc34)ccc21. The second kappa shape index (κ2) is 10.9. The fourth-order valence-corrected chi connectivity index (χ4v) is 8.66. The molecule has 0 radical (unpaired) electrons. The van der Waals surface area contributed by atoms with E-state index in [4.69, 9.17) is 0 Å². The molecule has 0 unspecified atom stereocenters. The maximum Gasteiger partial charge on any atom is 0.0546 e. The van der Waals surface area contributed by atoms with Gasteiger partial charge in [-0.05, 0) is 89.8 Å². The van der Waals surface area contributed by atoms with E-state index in [1.54, 1.807) is 0 Å². The smallest absolute Gasteiger partial charge is 0.0546 e. The molecule has 0 saturated carbocycles. The Bertz CT molecular complexity index is 2800. The number of hydrogen-bond donors (Lipinski definition) is 0. The molecule has 0 bridgehead atoms. The van der Waals surface area contributed by atoms with E-state index in [-0.39, 0.29) is 5.41 Å². The summed E-state index contributed by atoms with van der Waals surface area (Å²) in [7, 11) is 0. The zero-order valence-corrected chi connectivity index (χ0v) is 28.2. The van der Waals surface area contributed by atoms with Crippen molar-refractivity contribution in [3.05, 3.63) is 187 Å². The van der Waals surface area contributed by atoms with Crippen LogP contribution in [0.4, 0.5) is 17.1 Å². The third-order valence-corrected chi connectivity index (χ3v) is 11.0. The minimum absolute atomic E-state index is 0.0626. The molecular weight excluding hydrogens is 603 g/mol. The van der Waals surface area contributed by atoms with E-state index in [2.05, 4.69) is 195 Å². The predicted molar refractivity (Wildman–Crippen MR) is 214 cm³/mol. The third-order valence-electron chi connectivity index (χ3n) is 11.0. The van der Waals surface area contributed by atoms with Crippen LogP contribution in [0.3, 0.4) is 0 Å². The van der Waals surface area contributed by atoms with Gasteiger partial charge < -0.3 is 4.90 Å². The van der Waals surface area contributed by atoms with Gasteiger partial charge in [-0.2, -0.15) is 0 Å². The van der Waals surface area contributed by atoms with Crippen molar-refractivity contribution in [3.8, 4) is 22.3 Å². The zero-order chi connectivity index (χ0) is 33.4. The van der Waals surface area contributed by atoms with Crippen LogP contribution in [0.2, 0.25) is 0 Å². The monoisotopic (exact) mass is 637 g/mol. The molecule has 0 amide bonds. The summed E-state index contributed by atoms with van der Waals surface area (Å²) in [6, 6.07) is 65.1. The fraction of sp³-hybridized carbons (Fsp3) is 0.0612. The summed E-state index contributed by atoms with van der Waals surface area (Å²) in [4.78, 5) is 2.52. The maximum absolute atomic E-state index is 2.52. The average Bonchev–Trinajstić information content (AvgIpc) is 3.40. The van der Waals surface area contributed by atoms with Crippen LogP contribution >= 0.6 is 0 Å². The summed E-state index contributed by atoms with van der Waals surface area (Å²) < 4.78 is 0. The van der Waals surface area contributed by atoms with E-state index in [9.17, 15) is 0 Å². The minimum atomic E-state index is -0.0626. The maximum atomic E-state index is 2.52. The largest absolute Gasteiger partial charge is 0.309 e. The molecule has 0 fully saturated rings. The van der Waals surface area contributed by atoms with Crippen molar-refractivity contribution in [1.29, 1.82) is 0 Å². The standard InChI is InChI=1S/C49H35N/c1-49(2)44-24-11-9-19-39(44)43-31-35(28-29-45(43)49)50(46-25-12-10-20-40(46)38-23-13-16-32-14-3-5-17-36(32)38)47-30-34-27-26-33-15-4-6-18-37(33)48(34)42-22-8-7-21-41(42)47/h3-31H,1-2H3. The van der Waals surface area contributed by atoms with Gasteiger partial charge in [-0.1, -0.05) is 166 Å². The summed E-state index contributed by atoms with van der Waals surface area (Å²) in [5.74, 6) is 0. The zero-order valence-electron chi connectivity index (χ0n) is 28.2. The quantitative estimate of drug-likeness (QED) is 0.174. The van der Waals surface area contributed by atoms with Gasteiger partial charge in [0.2, 0.25) is 0 Å². The van der Waals surface area contributed by atoms with Crippen LogP contribution in [0.1, 0.15) is 25.0 Å². The Labute approximate surface area is 292 Å². The summed E-state index contributed by atoms with van der Waals surface area (Å²) in [6.45, 7) is 4.71. The summed E-state index contributed by atoms with van der Waals surface area (Å²) in [5, 5.41) is 10.1. The van der Waals surface area contributed by atoms with Crippen LogP contribution in [0.15, 0.2) is 176 Å². The Balaban J connectivity index is 1.31. The second-order valence-electron chi connectivity index (χ2n) is 14.1. The van der Waals surface area contributed by atoms with Crippen LogP contribution in [0.25, 0.3) is 65.3 Å². The minimum Gasteiger partial charge on any atom is -0.309 e. The number of rotatable bonds is 4. The molecule has 0 atom stereocenters. The molecule has 9 aromatic carbocycles. The van der Waals surface area contributed by atoms with Gasteiger partial charge in [0.1, 0.15) is 0 Å². The van der Waals surface area contributed by atoms with Gasteiger partial charge in [0, 0.05) is 22.1 Å². The molecule has 50 heavy (non-hydrogen) atoms. The highest BCUT2D eigenvalue weighted by Gasteiger charge is 2.35. The Morgan fingerprint density at radius 3 is 1.78 bits per heavy atom. The second-order valence-corrected chi connectivity index (χ2v) is 14.1. The number of nitrogens with zero attached hydrogens (tertiary/aromatic N) is 1. The van der Waals surface area contributed by atoms with Gasteiger partial charge in [-0.15, -0.1) is 0 Å². The molecule has 1 heteroatoms. The Kier molecular flexibility index (Phi) is 6.29. The number of hydrogen-bond acceptors (Lipinski definition) is 1. The number of benzene rings is 9. The van der Waals surface area contributed by atoms with E-state index in [0.717, 1.165) is 11.4 Å². The van der Waals surface area contributed by atoms with Gasteiger partial charge >= 0.3 is 0 Å². The molecule has 0 heterocycles. The molecule has 1 nitrogen and oxygen atoms in total. The normalized spacial score (nSPS) is 13.2. The van der Waals surface area contributed by atoms with Crippen LogP contribution in [-0.2, 0) is 5.41 Å². The topological polar surface area (TPSA) is 3.24 Å². The highest BCUT2D eigenvalue weighted by molar-refractivity contribution is 6.24. The average molecular weight is 638 g/mol. The van der Waals surface area contributed by atoms with Crippen molar-refractivity contribution in [2.75, 3.05) is 4.90 Å². The summed E-state index contributed by atoms with van der Waals surface area (Å²) in [5.41, 5.74) is 11.2. The molecule has 236 valence electrons. The molecule has 0 aliphatic heterocycles. The third kappa shape index (κ3) is 4.20. The summed E-state index contributed by atoms with van der Waals surface area (Å²) in [6.07, 6.45) is 0. The molecule has 9 aromatic rings. The first-order valence-corrected chi connectivity index (χ1v) is 17.5. The van der Waals surface area contributed by atoms with Crippen molar-refractivity contribution < 1.29 is 0 Å². The molecular formula is C49H35N. The number of para-hydroxylation sites is 1. The fourth-order valence-electron chi connectivity index (χ4n) is 8.66. The van der Waals surface area contributed by atoms with Crippen molar-refractivity contribution in [1.82, 2.24) is 0 Å². The van der Waals surface area contributed by atoms with Crippen LogP contribution in [-0.4, -0.2) is 0 Å². The van der Waals surface area contributed by atoms with E-state index in [0.29, 0.717) is 0 Å². The molecule has 1 aliphatic carbocycles. The predicted octanol–water partition coefficient (Wildman–Crippen LogP) is 13.7. The molecule has 0 N–H and O–H groups in total. The van der Waals surface area contributed by atoms with Crippen molar-refractivity contribution in [3.63, 3.8) is 0 Å². The Morgan fingerprint density at radius 1 is 0.360 bits per heavy atom. The highest BCUT2D eigenvalue weighted by Crippen LogP contribution is 2.52. The van der Waals surface area contributed by atoms with Gasteiger partial charge in [0.15, 0.2) is 0 Å². The molecule has 1 aliphatic rings. The number of fused-ring (bicyclic) bond motifs is 9. The molecule has 0 saturated heterocycles. The lowest BCUT2D eigenvalue weighted by atomic mass is 9.82. The van der Waals surface area contributed by atoms with E-state index >= 15 is 0 Å². The first-order valence-electron chi connectivity index (χ1n) is 17.5. The lowest BCUT2D eigenvalue weighted by molar-refractivity contribution is 0.660. The van der Waals surface area contributed by atoms with E-state index in [1.165, 1.54) is 82.2 Å². The molecule has 0 spiro atoms. The van der Waals surface area contributed by atoms with Crippen LogP contribution in [0, 0.1) is 0 Å². The Morgan fingerprint density at radius 2 is 0.940 bits per heavy atom. The van der Waals surface area contributed by atoms with Crippen LogP contribution < -0.4 is 4.90 Å². The molecule has 10 rings (SSSR count). The summed E-state index contributed by atoms with van der Waals surface area (Å²) >= 11 is 0. The van der Waals surface area contributed by atoms with Crippen molar-refractivity contribution >= 4 is 60.2 Å². The lowest BCUT2D eigenvalue weighted by Gasteiger charge is -2.31. The Hall–Kier alpha value is -6.18. The van der Waals surface area contributed by atoms with Crippen molar-refractivity contribution in [2.24, 2.45) is 0 Å². The van der Waals surface area contributed by atoms with Gasteiger partial charge in [-0.25, -0.2) is 0 Å². The first-order chi connectivity index (χ1) is 24.6. The molecule has 0 aromatic heterocycles. The van der Waals surface area contributed by atoms with Gasteiger partial charge in [0.25, 0.3) is 0 Å². The van der Waals surface area contributed by atoms with Gasteiger partial charge in [0.05, 0.1) is 11.4 Å². The van der Waals surface area contributed by atoms with Crippen LogP contribution in [0.5, 0.6) is 0 Å². The lowest BCUT2D eigenvalue weighted by Crippen LogP contribution is -2.15. The highest BCUT2D eigenvalue weighted by atomic mass is 15.1. The van der Waals surface area contributed by atoms with E-state index < -0.39 is 0 Å². The van der Waals surface area contributed by atoms with Gasteiger partial charge in [-0.3, -0.25) is 0 Å².